The summed E-state index contributed by atoms with van der Waals surface area (Å²) < 4.78 is 5.00. The molecule has 4 N–H and O–H groups in total. The lowest BCUT2D eigenvalue weighted by Crippen LogP contribution is -2.44. The first-order valence-electron chi connectivity index (χ1n) is 6.51. The zero-order valence-corrected chi connectivity index (χ0v) is 12.2. The molecule has 1 unspecified atom stereocenters. The second kappa shape index (κ2) is 7.28. The Labute approximate surface area is 122 Å². The van der Waals surface area contributed by atoms with Gasteiger partial charge >= 0.3 is 12.0 Å². The summed E-state index contributed by atoms with van der Waals surface area (Å²) in [6.07, 6.45) is -1.09. The predicted molar refractivity (Wildman–Crippen MR) is 77.7 cm³/mol. The van der Waals surface area contributed by atoms with Crippen LogP contribution in [-0.4, -0.2) is 30.6 Å². The largest absolute Gasteiger partial charge is 0.449 e. The van der Waals surface area contributed by atoms with Crippen molar-refractivity contribution in [1.82, 2.24) is 10.6 Å². The van der Waals surface area contributed by atoms with Crippen molar-refractivity contribution in [2.45, 2.75) is 26.9 Å². The van der Waals surface area contributed by atoms with Gasteiger partial charge in [0.2, 0.25) is 0 Å². The molecule has 114 valence electrons. The van der Waals surface area contributed by atoms with Gasteiger partial charge in [0.15, 0.2) is 6.10 Å². The van der Waals surface area contributed by atoms with Crippen molar-refractivity contribution >= 4 is 23.6 Å². The molecule has 0 radical (unpaired) electrons. The number of nitrogen functional groups attached to an aromatic ring is 1. The normalized spacial score (nSPS) is 11.4. The van der Waals surface area contributed by atoms with E-state index >= 15 is 0 Å². The smallest absolute Gasteiger partial charge is 0.338 e. The highest BCUT2D eigenvalue weighted by atomic mass is 16.5. The number of benzene rings is 1. The third-order valence-corrected chi connectivity index (χ3v) is 2.73. The van der Waals surface area contributed by atoms with Gasteiger partial charge in [-0.2, -0.15) is 0 Å². The zero-order chi connectivity index (χ0) is 16.0. The third kappa shape index (κ3) is 4.79. The summed E-state index contributed by atoms with van der Waals surface area (Å²) in [6.45, 7) is 5.25. The second-order valence-electron chi connectivity index (χ2n) is 4.47. The molecule has 0 bridgehead atoms. The van der Waals surface area contributed by atoms with E-state index in [9.17, 15) is 14.4 Å². The van der Waals surface area contributed by atoms with Crippen LogP contribution in [0.25, 0.3) is 0 Å². The Morgan fingerprint density at radius 3 is 2.57 bits per heavy atom. The van der Waals surface area contributed by atoms with E-state index in [1.54, 1.807) is 26.0 Å². The van der Waals surface area contributed by atoms with Crippen molar-refractivity contribution in [3.05, 3.63) is 29.3 Å². The second-order valence-corrected chi connectivity index (χ2v) is 4.47. The summed E-state index contributed by atoms with van der Waals surface area (Å²) in [5.74, 6) is -1.35. The minimum absolute atomic E-state index is 0.291. The average Bonchev–Trinajstić information content (AvgIpc) is 2.41. The maximum atomic E-state index is 11.9. The summed E-state index contributed by atoms with van der Waals surface area (Å²) >= 11 is 0. The van der Waals surface area contributed by atoms with Crippen LogP contribution >= 0.6 is 0 Å². The molecule has 0 aliphatic rings. The standard InChI is InChI=1S/C14H19N3O4/c1-4-16-14(20)17-12(18)9(3)21-13(19)10-5-6-11(15)8(2)7-10/h5-7,9H,4,15H2,1-3H3,(H2,16,17,18,20). The predicted octanol–water partition coefficient (Wildman–Crippen LogP) is 0.968. The van der Waals surface area contributed by atoms with Gasteiger partial charge in [-0.25, -0.2) is 9.59 Å². The molecule has 0 heterocycles. The number of hydrogen-bond acceptors (Lipinski definition) is 5. The number of nitrogens with two attached hydrogens (primary N) is 1. The van der Waals surface area contributed by atoms with Gasteiger partial charge in [0, 0.05) is 12.2 Å². The molecule has 0 aliphatic carbocycles. The van der Waals surface area contributed by atoms with E-state index in [0.29, 0.717) is 17.8 Å². The number of amides is 3. The van der Waals surface area contributed by atoms with Gasteiger partial charge in [-0.3, -0.25) is 10.1 Å². The zero-order valence-electron chi connectivity index (χ0n) is 12.2. The third-order valence-electron chi connectivity index (χ3n) is 2.73. The lowest BCUT2D eigenvalue weighted by molar-refractivity contribution is -0.127. The maximum absolute atomic E-state index is 11.9. The molecule has 0 fully saturated rings. The SMILES string of the molecule is CCNC(=O)NC(=O)C(C)OC(=O)c1ccc(N)c(C)c1. The van der Waals surface area contributed by atoms with Gasteiger partial charge in [-0.15, -0.1) is 0 Å². The molecular weight excluding hydrogens is 274 g/mol. The van der Waals surface area contributed by atoms with Crippen LogP contribution < -0.4 is 16.4 Å². The lowest BCUT2D eigenvalue weighted by Gasteiger charge is -2.13. The van der Waals surface area contributed by atoms with Crippen LogP contribution in [0.1, 0.15) is 29.8 Å². The van der Waals surface area contributed by atoms with Crippen LogP contribution in [0.2, 0.25) is 0 Å². The van der Waals surface area contributed by atoms with E-state index in [4.69, 9.17) is 10.5 Å². The van der Waals surface area contributed by atoms with Gasteiger partial charge in [-0.1, -0.05) is 0 Å². The number of urea groups is 1. The van der Waals surface area contributed by atoms with Crippen molar-refractivity contribution in [2.75, 3.05) is 12.3 Å². The summed E-state index contributed by atoms with van der Waals surface area (Å²) in [5.41, 5.74) is 7.26. The number of rotatable bonds is 4. The molecule has 0 saturated heterocycles. The minimum atomic E-state index is -1.09. The van der Waals surface area contributed by atoms with Crippen LogP contribution in [0.15, 0.2) is 18.2 Å². The Balaban J connectivity index is 2.63. The first-order valence-corrected chi connectivity index (χ1v) is 6.51. The summed E-state index contributed by atoms with van der Waals surface area (Å²) in [4.78, 5) is 34.7. The van der Waals surface area contributed by atoms with Gasteiger partial charge in [-0.05, 0) is 44.5 Å². The van der Waals surface area contributed by atoms with Crippen LogP contribution in [0, 0.1) is 6.92 Å². The molecule has 21 heavy (non-hydrogen) atoms. The molecular formula is C14H19N3O4. The minimum Gasteiger partial charge on any atom is -0.449 e. The Morgan fingerprint density at radius 2 is 2.00 bits per heavy atom. The molecule has 0 aliphatic heterocycles. The van der Waals surface area contributed by atoms with Crippen LogP contribution in [0.5, 0.6) is 0 Å². The fourth-order valence-electron chi connectivity index (χ4n) is 1.50. The van der Waals surface area contributed by atoms with Crippen molar-refractivity contribution in [3.8, 4) is 0 Å². The molecule has 1 rings (SSSR count). The van der Waals surface area contributed by atoms with E-state index in [1.165, 1.54) is 13.0 Å². The van der Waals surface area contributed by atoms with E-state index in [1.807, 2.05) is 0 Å². The van der Waals surface area contributed by atoms with Crippen LogP contribution in [-0.2, 0) is 9.53 Å². The van der Waals surface area contributed by atoms with Crippen molar-refractivity contribution < 1.29 is 19.1 Å². The summed E-state index contributed by atoms with van der Waals surface area (Å²) in [7, 11) is 0. The Morgan fingerprint density at radius 1 is 1.33 bits per heavy atom. The first-order chi connectivity index (χ1) is 9.85. The Bertz CT molecular complexity index is 557. The fourth-order valence-corrected chi connectivity index (χ4v) is 1.50. The number of carbonyl (C=O) groups excluding carboxylic acids is 3. The van der Waals surface area contributed by atoms with Crippen molar-refractivity contribution in [1.29, 1.82) is 0 Å². The number of aryl methyl sites for hydroxylation is 1. The molecule has 1 aromatic rings. The highest BCUT2D eigenvalue weighted by Crippen LogP contribution is 2.14. The van der Waals surface area contributed by atoms with Gasteiger partial charge in [0.1, 0.15) is 0 Å². The van der Waals surface area contributed by atoms with Gasteiger partial charge in [0.05, 0.1) is 5.56 Å². The maximum Gasteiger partial charge on any atom is 0.338 e. The molecule has 1 aromatic carbocycles. The lowest BCUT2D eigenvalue weighted by atomic mass is 10.1. The number of anilines is 1. The van der Waals surface area contributed by atoms with Gasteiger partial charge in [0.25, 0.3) is 5.91 Å². The number of imide groups is 1. The number of esters is 1. The molecule has 0 spiro atoms. The summed E-state index contributed by atoms with van der Waals surface area (Å²) in [5, 5.41) is 4.48. The number of carbonyl (C=O) groups is 3. The average molecular weight is 293 g/mol. The van der Waals surface area contributed by atoms with Crippen LogP contribution in [0.3, 0.4) is 0 Å². The monoisotopic (exact) mass is 293 g/mol. The molecule has 3 amide bonds. The molecule has 1 atom stereocenters. The van der Waals surface area contributed by atoms with Crippen molar-refractivity contribution in [3.63, 3.8) is 0 Å². The number of nitrogens with one attached hydrogen (secondary N) is 2. The number of hydrogen-bond donors (Lipinski definition) is 3. The quantitative estimate of drug-likeness (QED) is 0.566. The molecule has 7 nitrogen and oxygen atoms in total. The van der Waals surface area contributed by atoms with Crippen molar-refractivity contribution in [2.24, 2.45) is 0 Å². The Kier molecular flexibility index (Phi) is 5.71. The highest BCUT2D eigenvalue weighted by molar-refractivity contribution is 5.98. The molecule has 0 saturated carbocycles. The van der Waals surface area contributed by atoms with E-state index in [0.717, 1.165) is 5.56 Å². The fraction of sp³-hybridized carbons (Fsp3) is 0.357. The molecule has 7 heteroatoms. The molecule has 0 aromatic heterocycles. The van der Waals surface area contributed by atoms with E-state index in [-0.39, 0.29) is 0 Å². The van der Waals surface area contributed by atoms with E-state index in [2.05, 4.69) is 10.6 Å². The first kappa shape index (κ1) is 16.5. The van der Waals surface area contributed by atoms with Gasteiger partial charge < -0.3 is 15.8 Å². The number of ether oxygens (including phenoxy) is 1. The van der Waals surface area contributed by atoms with E-state index < -0.39 is 24.0 Å². The topological polar surface area (TPSA) is 111 Å². The highest BCUT2D eigenvalue weighted by Gasteiger charge is 2.20. The van der Waals surface area contributed by atoms with Crippen LogP contribution in [0.4, 0.5) is 10.5 Å². The Hall–Kier alpha value is -2.57. The summed E-state index contributed by atoms with van der Waals surface area (Å²) in [6, 6.07) is 4.05.